The van der Waals surface area contributed by atoms with Gasteiger partial charge in [0.2, 0.25) is 0 Å². The molecule has 0 unspecified atom stereocenters. The normalized spacial score (nSPS) is 22.2. The summed E-state index contributed by atoms with van der Waals surface area (Å²) in [5.74, 6) is -1.83. The third-order valence-electron chi connectivity index (χ3n) is 7.53. The summed E-state index contributed by atoms with van der Waals surface area (Å²) in [4.78, 5) is 37.4. The van der Waals surface area contributed by atoms with Crippen molar-refractivity contribution in [3.05, 3.63) is 84.6 Å². The van der Waals surface area contributed by atoms with Gasteiger partial charge in [0, 0.05) is 12.8 Å². The van der Waals surface area contributed by atoms with Gasteiger partial charge >= 0.3 is 29.0 Å². The molecule has 2 N–H and O–H groups in total. The summed E-state index contributed by atoms with van der Waals surface area (Å²) in [6.45, 7) is 8.04. The van der Waals surface area contributed by atoms with Gasteiger partial charge in [0.05, 0.1) is 0 Å². The van der Waals surface area contributed by atoms with Crippen molar-refractivity contribution in [3.63, 3.8) is 0 Å². The molecule has 5 rings (SSSR count). The van der Waals surface area contributed by atoms with E-state index in [1.54, 1.807) is 0 Å². The second kappa shape index (κ2) is 11.2. The fourth-order valence-electron chi connectivity index (χ4n) is 5.32. The van der Waals surface area contributed by atoms with Crippen LogP contribution in [0.4, 0.5) is 0 Å². The molecular formula is C30H30FeN4O4. The molecule has 0 aromatic carbocycles. The van der Waals surface area contributed by atoms with Crippen LogP contribution < -0.4 is 25.7 Å². The third-order valence-corrected chi connectivity index (χ3v) is 7.53. The fourth-order valence-corrected chi connectivity index (χ4v) is 5.32. The van der Waals surface area contributed by atoms with Crippen molar-refractivity contribution < 1.29 is 36.9 Å². The molecule has 3 aromatic heterocycles. The van der Waals surface area contributed by atoms with Gasteiger partial charge in [-0.3, -0.25) is 9.59 Å². The average Bonchev–Trinajstić information content (AvgIpc) is 3.53. The molecular weight excluding hydrogens is 536 g/mol. The zero-order valence-electron chi connectivity index (χ0n) is 22.3. The average molecular weight is 566 g/mol. The molecule has 1 saturated heterocycles. The molecule has 2 aliphatic heterocycles. The molecule has 39 heavy (non-hydrogen) atoms. The minimum atomic E-state index is -0.873. The predicted octanol–water partition coefficient (Wildman–Crippen LogP) is 3.36. The molecule has 0 aliphatic carbocycles. The first-order valence-corrected chi connectivity index (χ1v) is 12.8. The number of aliphatic carboxylic acids is 2. The number of fused-ring (bicyclic) bond motifs is 8. The van der Waals surface area contributed by atoms with Crippen LogP contribution in [0.2, 0.25) is 0 Å². The molecule has 9 heteroatoms. The maximum absolute atomic E-state index is 11.4. The minimum absolute atomic E-state index is 0. The number of rotatable bonds is 6. The molecule has 0 saturated carbocycles. The number of aryl methyl sites for hydroxylation is 2. The van der Waals surface area contributed by atoms with E-state index in [4.69, 9.17) is 20.3 Å². The molecule has 8 nitrogen and oxygen atoms in total. The molecule has 3 aromatic rings. The van der Waals surface area contributed by atoms with Gasteiger partial charge in [-0.2, -0.15) is 11.4 Å². The Bertz CT molecular complexity index is 1620. The Balaban J connectivity index is 0.00000353. The Hall–Kier alpha value is -3.68. The molecule has 0 radical (unpaired) electrons. The quantitative estimate of drug-likeness (QED) is 0.438. The van der Waals surface area contributed by atoms with E-state index < -0.39 is 11.9 Å². The summed E-state index contributed by atoms with van der Waals surface area (Å²) in [6.07, 6.45) is 8.60. The smallest absolute Gasteiger partial charge is 0.664 e. The summed E-state index contributed by atoms with van der Waals surface area (Å²) in [5, 5.41) is 25.3. The summed E-state index contributed by atoms with van der Waals surface area (Å²) >= 11 is 0. The zero-order valence-corrected chi connectivity index (χ0v) is 23.4. The van der Waals surface area contributed by atoms with Gasteiger partial charge in [-0.1, -0.05) is 65.6 Å². The monoisotopic (exact) mass is 566 g/mol. The summed E-state index contributed by atoms with van der Waals surface area (Å²) in [5.41, 5.74) is 8.49. The number of carboxylic acids is 2. The first-order chi connectivity index (χ1) is 18.1. The van der Waals surface area contributed by atoms with Gasteiger partial charge < -0.3 is 30.5 Å². The van der Waals surface area contributed by atoms with Crippen molar-refractivity contribution >= 4 is 36.2 Å². The van der Waals surface area contributed by atoms with Gasteiger partial charge in [0.1, 0.15) is 0 Å². The van der Waals surface area contributed by atoms with Crippen LogP contribution in [0.25, 0.3) is 29.6 Å². The maximum atomic E-state index is 11.4. The Morgan fingerprint density at radius 2 is 1.56 bits per heavy atom. The van der Waals surface area contributed by atoms with Crippen molar-refractivity contribution in [1.29, 1.82) is 0 Å². The van der Waals surface area contributed by atoms with Crippen molar-refractivity contribution in [3.8, 4) is 0 Å². The first-order valence-electron chi connectivity index (χ1n) is 12.8. The molecule has 8 bridgehead atoms. The predicted molar refractivity (Wildman–Crippen MR) is 145 cm³/mol. The topological polar surface area (TPSA) is 131 Å². The van der Waals surface area contributed by atoms with E-state index in [9.17, 15) is 19.8 Å². The van der Waals surface area contributed by atoms with E-state index in [-0.39, 0.29) is 41.7 Å². The number of hydrogen-bond acceptors (Lipinski definition) is 2. The number of nitrogens with zero attached hydrogens (tertiary/aromatic N) is 4. The van der Waals surface area contributed by atoms with E-state index in [2.05, 4.69) is 6.92 Å². The van der Waals surface area contributed by atoms with E-state index in [1.165, 1.54) is 0 Å². The number of allylic oxidation sites excluding steroid dienone is 2. The third kappa shape index (κ3) is 5.84. The standard InChI is InChI=1S/C30H30N4O4.Fe/c1-15-9-20-12-25-17(3)21(5-7-29(35)36)27(33-25)14-28-22(6-8-30(37)38)18(4)26(34-28)13-24-16(2)10-19(32-24)11-23(15)31-20;/h9-14,17,21H,5-8H2,1-4H3,(H,35,36)(H,37,38);/q-4;+4/b19-11-,24-13-,25-12-,27-14-;/t17-,21-;/m0./s1. The summed E-state index contributed by atoms with van der Waals surface area (Å²) < 4.78 is 0. The first kappa shape index (κ1) is 28.3. The molecule has 202 valence electrons. The molecule has 0 amide bonds. The van der Waals surface area contributed by atoms with Gasteiger partial charge in [0.15, 0.2) is 0 Å². The van der Waals surface area contributed by atoms with Crippen molar-refractivity contribution in [1.82, 2.24) is 15.0 Å². The molecule has 2 aliphatic rings. The van der Waals surface area contributed by atoms with E-state index in [1.807, 2.05) is 57.2 Å². The fraction of sp³-hybridized carbons (Fsp3) is 0.333. The van der Waals surface area contributed by atoms with Crippen LogP contribution in [0.15, 0.2) is 23.5 Å². The van der Waals surface area contributed by atoms with Gasteiger partial charge in [-0.15, -0.1) is 33.5 Å². The van der Waals surface area contributed by atoms with Crippen LogP contribution in [-0.4, -0.2) is 22.2 Å². The molecule has 2 atom stereocenters. The van der Waals surface area contributed by atoms with E-state index >= 15 is 0 Å². The molecule has 5 heterocycles. The van der Waals surface area contributed by atoms with E-state index in [0.29, 0.717) is 18.5 Å². The zero-order chi connectivity index (χ0) is 27.1. The molecule has 1 fully saturated rings. The second-order valence-corrected chi connectivity index (χ2v) is 10.2. The van der Waals surface area contributed by atoms with Gasteiger partial charge in [0.25, 0.3) is 0 Å². The van der Waals surface area contributed by atoms with Crippen LogP contribution in [-0.2, 0) is 33.1 Å². The number of carboxylic acid groups (broad SMARTS) is 2. The van der Waals surface area contributed by atoms with Crippen LogP contribution in [0, 0.1) is 32.6 Å². The maximum Gasteiger partial charge on any atom is 4.00 e. The SMILES string of the molecule is Cc1cc2[n-]c1/C=c1/cc(C)/c([n-]1)=C/c1[n-]c(c(CCC(=O)O)c1C)/C=C1\[N-]/C(=C\2)[C@@H](C)[C@@H]1CCC(=O)O.[Fe+4]. The Morgan fingerprint density at radius 3 is 2.28 bits per heavy atom. The van der Waals surface area contributed by atoms with Gasteiger partial charge in [-0.05, 0) is 45.4 Å². The number of aromatic nitrogens is 3. The summed E-state index contributed by atoms with van der Waals surface area (Å²) in [7, 11) is 0. The van der Waals surface area contributed by atoms with Crippen molar-refractivity contribution in [2.45, 2.75) is 53.4 Å². The van der Waals surface area contributed by atoms with Crippen LogP contribution in [0.1, 0.15) is 71.2 Å². The second-order valence-electron chi connectivity index (χ2n) is 10.2. The largest absolute Gasteiger partial charge is 4.00 e. The molecule has 0 spiro atoms. The van der Waals surface area contributed by atoms with Crippen molar-refractivity contribution in [2.75, 3.05) is 0 Å². The van der Waals surface area contributed by atoms with Crippen LogP contribution >= 0.6 is 0 Å². The number of carbonyl (C=O) groups is 2. The number of hydrogen-bond donors (Lipinski definition) is 2. The van der Waals surface area contributed by atoms with Crippen LogP contribution in [0.5, 0.6) is 0 Å². The van der Waals surface area contributed by atoms with E-state index in [0.717, 1.165) is 61.4 Å². The Labute approximate surface area is 237 Å². The van der Waals surface area contributed by atoms with Gasteiger partial charge in [-0.25, -0.2) is 0 Å². The minimum Gasteiger partial charge on any atom is -0.664 e. The summed E-state index contributed by atoms with van der Waals surface area (Å²) in [6, 6.07) is 4.04. The van der Waals surface area contributed by atoms with Crippen LogP contribution in [0.3, 0.4) is 0 Å². The Kier molecular flexibility index (Phi) is 8.14. The van der Waals surface area contributed by atoms with Crippen molar-refractivity contribution in [2.24, 2.45) is 11.8 Å². The Morgan fingerprint density at radius 1 is 0.821 bits per heavy atom.